The molecule has 4 heteroatoms. The average Bonchev–Trinajstić information content (AvgIpc) is 4.15. The molecule has 0 N–H and O–H groups in total. The first kappa shape index (κ1) is 34.0. The van der Waals surface area contributed by atoms with E-state index in [9.17, 15) is 0 Å². The summed E-state index contributed by atoms with van der Waals surface area (Å²) < 4.78 is 14.0. The van der Waals surface area contributed by atoms with E-state index >= 15 is 0 Å². The Hall–Kier alpha value is -8.60. The topological polar surface area (TPSA) is 27.4 Å². The number of benzene rings is 10. The molecule has 15 rings (SSSR count). The van der Waals surface area contributed by atoms with Crippen molar-refractivity contribution in [3.63, 3.8) is 0 Å². The second-order valence-electron chi connectivity index (χ2n) is 17.3. The average molecular weight is 814 g/mol. The minimum atomic E-state index is 0.888. The fraction of sp³-hybridized carbons (Fsp3) is 0. The number of hydrogen-bond donors (Lipinski definition) is 0. The van der Waals surface area contributed by atoms with Crippen LogP contribution in [-0.2, 0) is 0 Å². The van der Waals surface area contributed by atoms with Crippen molar-refractivity contribution in [1.82, 2.24) is 13.5 Å². The molecule has 10 aromatic carbocycles. The van der Waals surface area contributed by atoms with E-state index in [-0.39, 0.29) is 0 Å². The molecule has 296 valence electrons. The van der Waals surface area contributed by atoms with Gasteiger partial charge in [-0.15, -0.1) is 0 Å². The normalized spacial score (nSPS) is 12.4. The van der Waals surface area contributed by atoms with Gasteiger partial charge in [-0.05, 0) is 119 Å². The molecule has 5 heterocycles. The van der Waals surface area contributed by atoms with Gasteiger partial charge < -0.3 is 18.0 Å². The van der Waals surface area contributed by atoms with E-state index in [2.05, 4.69) is 226 Å². The zero-order valence-corrected chi connectivity index (χ0v) is 34.5. The highest BCUT2D eigenvalue weighted by Gasteiger charge is 2.21. The summed E-state index contributed by atoms with van der Waals surface area (Å²) in [5, 5.41) is 12.3. The van der Waals surface area contributed by atoms with Crippen LogP contribution in [0.1, 0.15) is 0 Å². The van der Waals surface area contributed by atoms with Crippen molar-refractivity contribution in [1.29, 1.82) is 0 Å². The van der Waals surface area contributed by atoms with Crippen LogP contribution in [0.2, 0.25) is 0 Å². The Kier molecular flexibility index (Phi) is 6.65. The van der Waals surface area contributed by atoms with E-state index in [1.165, 1.54) is 93.0 Å². The minimum absolute atomic E-state index is 0.888. The Morgan fingerprint density at radius 1 is 0.250 bits per heavy atom. The Labute approximate surface area is 366 Å². The van der Waals surface area contributed by atoms with Crippen molar-refractivity contribution in [3.8, 4) is 33.6 Å². The first-order valence-electron chi connectivity index (χ1n) is 22.0. The van der Waals surface area contributed by atoms with Gasteiger partial charge in [0.1, 0.15) is 11.2 Å². The molecule has 0 aliphatic carbocycles. The number of aromatic nitrogens is 3. The van der Waals surface area contributed by atoms with Gasteiger partial charge in [0.05, 0.1) is 38.6 Å². The first-order valence-corrected chi connectivity index (χ1v) is 22.0. The number of hydrogen-bond acceptors (Lipinski definition) is 1. The molecule has 64 heavy (non-hydrogen) atoms. The number of rotatable bonds is 4. The molecule has 4 nitrogen and oxygen atoms in total. The van der Waals surface area contributed by atoms with Crippen LogP contribution in [0.25, 0.3) is 137 Å². The van der Waals surface area contributed by atoms with Crippen LogP contribution in [0.15, 0.2) is 217 Å². The lowest BCUT2D eigenvalue weighted by Crippen LogP contribution is -1.94. The summed E-state index contributed by atoms with van der Waals surface area (Å²) in [5.74, 6) is 0. The summed E-state index contributed by atoms with van der Waals surface area (Å²) in [6, 6.07) is 77.6. The fourth-order valence-corrected chi connectivity index (χ4v) is 11.1. The molecule has 0 atom stereocenters. The summed E-state index contributed by atoms with van der Waals surface area (Å²) in [7, 11) is 0. The lowest BCUT2D eigenvalue weighted by molar-refractivity contribution is 0.669. The molecule has 0 radical (unpaired) electrons. The monoisotopic (exact) mass is 813 g/mol. The Bertz CT molecular complexity index is 4340. The van der Waals surface area contributed by atoms with E-state index in [1.54, 1.807) is 0 Å². The summed E-state index contributed by atoms with van der Waals surface area (Å²) in [6.07, 6.45) is 0. The summed E-state index contributed by atoms with van der Waals surface area (Å²) in [4.78, 5) is 0. The molecule has 0 spiro atoms. The van der Waals surface area contributed by atoms with Gasteiger partial charge in [-0.2, -0.15) is 0 Å². The molecule has 0 bridgehead atoms. The van der Waals surface area contributed by atoms with Crippen molar-refractivity contribution in [2.45, 2.75) is 0 Å². The third-order valence-corrected chi connectivity index (χ3v) is 13.9. The molecular weight excluding hydrogens is 779 g/mol. The Morgan fingerprint density at radius 2 is 0.641 bits per heavy atom. The standard InChI is InChI=1S/C60H35N3O/c1-2-12-40(13-3-1)61-52-18-8-4-14-42(52)48-30-36(24-28-56(48)61)38-22-26-46-47-27-23-39(33-59(47)64-58(46)32-38)37-25-29-57-49(31-37)43-15-5-9-19-53(43)62(57)41-34-50-44-16-6-10-20-54(44)63-55-21-11-7-17-45(55)51(35-41)60(50)63/h1-35H. The van der Waals surface area contributed by atoms with Crippen molar-refractivity contribution in [2.24, 2.45) is 0 Å². The number of fused-ring (bicyclic) bond motifs is 15. The lowest BCUT2D eigenvalue weighted by Gasteiger charge is -2.10. The van der Waals surface area contributed by atoms with Crippen LogP contribution in [0.4, 0.5) is 0 Å². The molecule has 0 saturated heterocycles. The highest BCUT2D eigenvalue weighted by atomic mass is 16.3. The quantitative estimate of drug-likeness (QED) is 0.174. The highest BCUT2D eigenvalue weighted by molar-refractivity contribution is 6.24. The third-order valence-electron chi connectivity index (χ3n) is 13.9. The maximum atomic E-state index is 6.72. The summed E-state index contributed by atoms with van der Waals surface area (Å²) in [5.41, 5.74) is 17.3. The largest absolute Gasteiger partial charge is 0.456 e. The van der Waals surface area contributed by atoms with Crippen LogP contribution in [0, 0.1) is 0 Å². The molecule has 0 aliphatic rings. The lowest BCUT2D eigenvalue weighted by atomic mass is 9.99. The van der Waals surface area contributed by atoms with Crippen molar-refractivity contribution in [3.05, 3.63) is 212 Å². The van der Waals surface area contributed by atoms with Gasteiger partial charge in [-0.1, -0.05) is 115 Å². The molecule has 0 aliphatic heterocycles. The zero-order chi connectivity index (χ0) is 41.6. The molecule has 15 aromatic rings. The van der Waals surface area contributed by atoms with Crippen molar-refractivity contribution < 1.29 is 4.42 Å². The van der Waals surface area contributed by atoms with Crippen LogP contribution in [0.3, 0.4) is 0 Å². The van der Waals surface area contributed by atoms with Crippen LogP contribution < -0.4 is 0 Å². The van der Waals surface area contributed by atoms with Gasteiger partial charge in [0.15, 0.2) is 0 Å². The van der Waals surface area contributed by atoms with Gasteiger partial charge in [0.25, 0.3) is 0 Å². The maximum Gasteiger partial charge on any atom is 0.136 e. The van der Waals surface area contributed by atoms with Gasteiger partial charge >= 0.3 is 0 Å². The smallest absolute Gasteiger partial charge is 0.136 e. The maximum absolute atomic E-state index is 6.72. The summed E-state index contributed by atoms with van der Waals surface area (Å²) in [6.45, 7) is 0. The van der Waals surface area contributed by atoms with E-state index in [1.807, 2.05) is 0 Å². The molecule has 0 unspecified atom stereocenters. The molecule has 5 aromatic heterocycles. The highest BCUT2D eigenvalue weighted by Crippen LogP contribution is 2.44. The van der Waals surface area contributed by atoms with E-state index in [4.69, 9.17) is 4.42 Å². The van der Waals surface area contributed by atoms with Crippen molar-refractivity contribution in [2.75, 3.05) is 0 Å². The van der Waals surface area contributed by atoms with Gasteiger partial charge in [-0.25, -0.2) is 0 Å². The summed E-state index contributed by atoms with van der Waals surface area (Å²) >= 11 is 0. The Morgan fingerprint density at radius 3 is 1.16 bits per heavy atom. The molecular formula is C60H35N3O. The number of furan rings is 1. The van der Waals surface area contributed by atoms with Gasteiger partial charge in [0.2, 0.25) is 0 Å². The second-order valence-corrected chi connectivity index (χ2v) is 17.3. The van der Waals surface area contributed by atoms with E-state index in [0.717, 1.165) is 44.3 Å². The van der Waals surface area contributed by atoms with Crippen LogP contribution in [-0.4, -0.2) is 13.5 Å². The van der Waals surface area contributed by atoms with Gasteiger partial charge in [0, 0.05) is 65.2 Å². The van der Waals surface area contributed by atoms with Crippen LogP contribution >= 0.6 is 0 Å². The van der Waals surface area contributed by atoms with E-state index in [0.29, 0.717) is 0 Å². The SMILES string of the molecule is c1ccc(-n2c3ccccc3c3cc(-c4ccc5c(c4)oc4cc(-c6ccc7c(c6)c6ccccc6n7-c6cc7c8ccccc8n8c9ccccc9c(c6)c78)ccc45)ccc32)cc1. The molecule has 0 amide bonds. The number of para-hydroxylation sites is 5. The third kappa shape index (κ3) is 4.56. The second kappa shape index (κ2) is 12.5. The predicted molar refractivity (Wildman–Crippen MR) is 268 cm³/mol. The predicted octanol–water partition coefficient (Wildman–Crippen LogP) is 16.3. The fourth-order valence-electron chi connectivity index (χ4n) is 11.1. The molecule has 0 saturated carbocycles. The zero-order valence-electron chi connectivity index (χ0n) is 34.5. The Balaban J connectivity index is 0.846. The number of nitrogens with zero attached hydrogens (tertiary/aromatic N) is 3. The van der Waals surface area contributed by atoms with Gasteiger partial charge in [-0.3, -0.25) is 0 Å². The minimum Gasteiger partial charge on any atom is -0.456 e. The first-order chi connectivity index (χ1) is 31.7. The van der Waals surface area contributed by atoms with Crippen LogP contribution in [0.5, 0.6) is 0 Å². The molecule has 0 fully saturated rings. The van der Waals surface area contributed by atoms with E-state index < -0.39 is 0 Å². The van der Waals surface area contributed by atoms with Crippen molar-refractivity contribution >= 4 is 104 Å².